The van der Waals surface area contributed by atoms with E-state index >= 15 is 0 Å². The van der Waals surface area contributed by atoms with Crippen molar-refractivity contribution in [1.82, 2.24) is 14.8 Å². The molecule has 0 atom stereocenters. The molecule has 0 unspecified atom stereocenters. The Balaban J connectivity index is 1.78. The summed E-state index contributed by atoms with van der Waals surface area (Å²) in [4.78, 5) is 19.9. The van der Waals surface area contributed by atoms with Crippen LogP contribution in [0, 0.1) is 13.8 Å². The highest BCUT2D eigenvalue weighted by molar-refractivity contribution is 7.22. The fourth-order valence-electron chi connectivity index (χ4n) is 3.27. The highest BCUT2D eigenvalue weighted by Crippen LogP contribution is 2.33. The van der Waals surface area contributed by atoms with E-state index in [0.717, 1.165) is 27.9 Å². The Labute approximate surface area is 168 Å². The van der Waals surface area contributed by atoms with E-state index in [2.05, 4.69) is 31.1 Å². The molecule has 2 heterocycles. The Morgan fingerprint density at radius 3 is 2.68 bits per heavy atom. The number of thiazole rings is 1. The highest BCUT2D eigenvalue weighted by Gasteiger charge is 2.23. The van der Waals surface area contributed by atoms with Gasteiger partial charge in [-0.25, -0.2) is 4.98 Å². The van der Waals surface area contributed by atoms with Crippen LogP contribution in [0.15, 0.2) is 54.9 Å². The fraction of sp³-hybridized carbons (Fsp3) is 0.227. The maximum atomic E-state index is 13.3. The topological polar surface area (TPSA) is 51.0 Å². The maximum Gasteiger partial charge on any atom is 0.263 e. The van der Waals surface area contributed by atoms with E-state index in [-0.39, 0.29) is 5.91 Å². The van der Waals surface area contributed by atoms with Gasteiger partial charge in [0.15, 0.2) is 5.13 Å². The van der Waals surface area contributed by atoms with Crippen LogP contribution in [0.5, 0.6) is 0 Å². The van der Waals surface area contributed by atoms with Crippen molar-refractivity contribution in [3.63, 3.8) is 0 Å². The Hall–Kier alpha value is -2.99. The molecule has 4 aromatic rings. The van der Waals surface area contributed by atoms with Crippen molar-refractivity contribution in [3.8, 4) is 0 Å². The lowest BCUT2D eigenvalue weighted by molar-refractivity contribution is 0.0985. The van der Waals surface area contributed by atoms with Crippen molar-refractivity contribution in [2.45, 2.75) is 33.9 Å². The lowest BCUT2D eigenvalue weighted by Gasteiger charge is -2.19. The molecule has 0 bridgehead atoms. The van der Waals surface area contributed by atoms with Gasteiger partial charge in [-0.2, -0.15) is 5.10 Å². The van der Waals surface area contributed by atoms with Gasteiger partial charge in [0.2, 0.25) is 0 Å². The summed E-state index contributed by atoms with van der Waals surface area (Å²) in [5, 5.41) is 4.97. The minimum Gasteiger partial charge on any atom is -0.279 e. The lowest BCUT2D eigenvalue weighted by Crippen LogP contribution is -2.30. The number of aromatic nitrogens is 3. The Bertz CT molecular complexity index is 1130. The second-order valence-corrected chi connectivity index (χ2v) is 7.90. The number of fused-ring (bicyclic) bond motifs is 1. The zero-order valence-corrected chi connectivity index (χ0v) is 17.0. The van der Waals surface area contributed by atoms with Gasteiger partial charge < -0.3 is 0 Å². The van der Waals surface area contributed by atoms with E-state index < -0.39 is 0 Å². The third-order valence-corrected chi connectivity index (χ3v) is 5.71. The Kier molecular flexibility index (Phi) is 4.96. The van der Waals surface area contributed by atoms with E-state index in [9.17, 15) is 4.79 Å². The molecule has 0 radical (unpaired) electrons. The molecule has 2 aromatic heterocycles. The number of carbonyl (C=O) groups excluding carboxylic acids is 1. The second-order valence-electron chi connectivity index (χ2n) is 6.89. The van der Waals surface area contributed by atoms with Gasteiger partial charge in [0, 0.05) is 12.7 Å². The molecule has 0 aliphatic rings. The number of hydrogen-bond donors (Lipinski definition) is 0. The van der Waals surface area contributed by atoms with E-state index in [1.165, 1.54) is 5.56 Å². The molecule has 2 aromatic carbocycles. The molecule has 142 valence electrons. The van der Waals surface area contributed by atoms with Crippen LogP contribution >= 0.6 is 11.3 Å². The van der Waals surface area contributed by atoms with Crippen LogP contribution in [-0.2, 0) is 13.1 Å². The van der Waals surface area contributed by atoms with Crippen molar-refractivity contribution in [2.75, 3.05) is 4.90 Å². The summed E-state index contributed by atoms with van der Waals surface area (Å²) in [6.45, 7) is 7.34. The number of rotatable bonds is 5. The molecule has 0 saturated heterocycles. The van der Waals surface area contributed by atoms with Gasteiger partial charge in [0.05, 0.1) is 28.5 Å². The van der Waals surface area contributed by atoms with Gasteiger partial charge in [-0.1, -0.05) is 47.7 Å². The molecule has 0 fully saturated rings. The molecule has 6 heteroatoms. The van der Waals surface area contributed by atoms with E-state index in [1.54, 1.807) is 33.3 Å². The van der Waals surface area contributed by atoms with Gasteiger partial charge in [-0.3, -0.25) is 14.4 Å². The predicted octanol–water partition coefficient (Wildman–Crippen LogP) is 4.98. The van der Waals surface area contributed by atoms with Crippen molar-refractivity contribution in [2.24, 2.45) is 0 Å². The van der Waals surface area contributed by atoms with Gasteiger partial charge in [-0.15, -0.1) is 0 Å². The van der Waals surface area contributed by atoms with E-state index in [1.807, 2.05) is 37.3 Å². The van der Waals surface area contributed by atoms with Crippen LogP contribution in [-0.4, -0.2) is 20.7 Å². The molecule has 1 amide bonds. The smallest absolute Gasteiger partial charge is 0.263 e. The minimum absolute atomic E-state index is 0.0861. The third kappa shape index (κ3) is 3.55. The molecule has 0 aliphatic heterocycles. The molecule has 0 saturated carbocycles. The monoisotopic (exact) mass is 390 g/mol. The molecule has 28 heavy (non-hydrogen) atoms. The van der Waals surface area contributed by atoms with Crippen molar-refractivity contribution < 1.29 is 4.79 Å². The van der Waals surface area contributed by atoms with Gasteiger partial charge >= 0.3 is 0 Å². The van der Waals surface area contributed by atoms with Crippen LogP contribution < -0.4 is 4.90 Å². The number of aryl methyl sites for hydroxylation is 3. The average Bonchev–Trinajstić information content (AvgIpc) is 3.33. The first-order valence-electron chi connectivity index (χ1n) is 9.31. The summed E-state index contributed by atoms with van der Waals surface area (Å²) in [5.41, 5.74) is 4.92. The molecule has 5 nitrogen and oxygen atoms in total. The molecular formula is C22H22N4OS. The number of carbonyl (C=O) groups is 1. The molecule has 0 N–H and O–H groups in total. The first kappa shape index (κ1) is 18.4. The quantitative estimate of drug-likeness (QED) is 0.483. The van der Waals surface area contributed by atoms with Crippen molar-refractivity contribution in [3.05, 3.63) is 77.1 Å². The van der Waals surface area contributed by atoms with Crippen molar-refractivity contribution >= 4 is 32.6 Å². The predicted molar refractivity (Wildman–Crippen MR) is 114 cm³/mol. The van der Waals surface area contributed by atoms with Gasteiger partial charge in [0.25, 0.3) is 5.91 Å². The summed E-state index contributed by atoms with van der Waals surface area (Å²) in [7, 11) is 0. The van der Waals surface area contributed by atoms with Crippen molar-refractivity contribution in [1.29, 1.82) is 0 Å². The molecule has 0 aliphatic carbocycles. The second kappa shape index (κ2) is 7.56. The van der Waals surface area contributed by atoms with Gasteiger partial charge in [-0.05, 0) is 43.5 Å². The number of amides is 1. The normalized spacial score (nSPS) is 11.1. The van der Waals surface area contributed by atoms with Crippen LogP contribution in [0.1, 0.15) is 34.0 Å². The van der Waals surface area contributed by atoms with Crippen LogP contribution in [0.4, 0.5) is 5.13 Å². The van der Waals surface area contributed by atoms with E-state index in [4.69, 9.17) is 4.98 Å². The highest BCUT2D eigenvalue weighted by atomic mass is 32.1. The summed E-state index contributed by atoms with van der Waals surface area (Å²) < 4.78 is 2.86. The minimum atomic E-state index is -0.0861. The summed E-state index contributed by atoms with van der Waals surface area (Å²) in [6.07, 6.45) is 3.43. The zero-order valence-electron chi connectivity index (χ0n) is 16.2. The van der Waals surface area contributed by atoms with Crippen LogP contribution in [0.25, 0.3) is 10.2 Å². The van der Waals surface area contributed by atoms with E-state index in [0.29, 0.717) is 17.2 Å². The third-order valence-electron chi connectivity index (χ3n) is 4.68. The Morgan fingerprint density at radius 2 is 1.96 bits per heavy atom. The number of hydrogen-bond acceptors (Lipinski definition) is 4. The van der Waals surface area contributed by atoms with Crippen LogP contribution in [0.3, 0.4) is 0 Å². The summed E-state index contributed by atoms with van der Waals surface area (Å²) >= 11 is 1.56. The first-order valence-corrected chi connectivity index (χ1v) is 10.1. The molecular weight excluding hydrogens is 368 g/mol. The molecule has 0 spiro atoms. The maximum absolute atomic E-state index is 13.3. The average molecular weight is 391 g/mol. The zero-order chi connectivity index (χ0) is 19.7. The first-order chi connectivity index (χ1) is 13.5. The van der Waals surface area contributed by atoms with Gasteiger partial charge in [0.1, 0.15) is 0 Å². The summed E-state index contributed by atoms with van der Waals surface area (Å²) in [5.74, 6) is -0.0861. The fourth-order valence-corrected chi connectivity index (χ4v) is 4.41. The lowest BCUT2D eigenvalue weighted by atomic mass is 10.1. The van der Waals surface area contributed by atoms with Crippen LogP contribution in [0.2, 0.25) is 0 Å². The Morgan fingerprint density at radius 1 is 1.18 bits per heavy atom. The standard InChI is InChI=1S/C22H22N4OS/c1-4-25-14-18(12-23-25)21(27)26(13-17-8-6-5-7-9-17)22-24-20-16(3)10-15(2)11-19(20)28-22/h5-12,14H,4,13H2,1-3H3. The summed E-state index contributed by atoms with van der Waals surface area (Å²) in [6, 6.07) is 14.3. The largest absolute Gasteiger partial charge is 0.279 e. The molecule has 4 rings (SSSR count). The number of benzene rings is 2. The SMILES string of the molecule is CCn1cc(C(=O)N(Cc2ccccc2)c2nc3c(C)cc(C)cc3s2)cn1. The number of anilines is 1. The number of nitrogens with zero attached hydrogens (tertiary/aromatic N) is 4.